The first-order valence-electron chi connectivity index (χ1n) is 13.3. The lowest BCUT2D eigenvalue weighted by atomic mass is 9.67. The molecule has 0 bridgehead atoms. The lowest BCUT2D eigenvalue weighted by Gasteiger charge is -2.48. The van der Waals surface area contributed by atoms with E-state index in [2.05, 4.69) is 51.7 Å². The molecule has 2 aromatic rings. The maximum absolute atomic E-state index is 14.2. The minimum absolute atomic E-state index is 0.0433. The van der Waals surface area contributed by atoms with Gasteiger partial charge in [0.1, 0.15) is 17.7 Å². The molecule has 4 nitrogen and oxygen atoms in total. The molecule has 1 heterocycles. The molecule has 4 heteroatoms. The van der Waals surface area contributed by atoms with Gasteiger partial charge in [-0.25, -0.2) is 0 Å². The zero-order valence-corrected chi connectivity index (χ0v) is 22.0. The highest BCUT2D eigenvalue weighted by atomic mass is 16.2. The van der Waals surface area contributed by atoms with Crippen molar-refractivity contribution in [3.8, 4) is 0 Å². The summed E-state index contributed by atoms with van der Waals surface area (Å²) in [4.78, 5) is 32.8. The SMILES string of the molecule is CCCC(c1ccc(C=O)cc1)N1C(=O)C(c2cccc(C)c2)=NC12CCC(C(C)(C)CC)CC2. The first kappa shape index (κ1) is 25.3. The highest BCUT2D eigenvalue weighted by Gasteiger charge is 2.52. The van der Waals surface area contributed by atoms with Crippen molar-refractivity contribution >= 4 is 17.9 Å². The number of nitrogens with zero attached hydrogens (tertiary/aromatic N) is 2. The van der Waals surface area contributed by atoms with Crippen molar-refractivity contribution in [3.63, 3.8) is 0 Å². The average Bonchev–Trinajstić information content (AvgIpc) is 3.14. The van der Waals surface area contributed by atoms with Gasteiger partial charge < -0.3 is 4.90 Å². The van der Waals surface area contributed by atoms with Crippen LogP contribution in [0.2, 0.25) is 0 Å². The minimum Gasteiger partial charge on any atom is -0.305 e. The maximum atomic E-state index is 14.2. The Kier molecular flexibility index (Phi) is 7.30. The molecule has 186 valence electrons. The summed E-state index contributed by atoms with van der Waals surface area (Å²) in [6, 6.07) is 15.9. The van der Waals surface area contributed by atoms with Gasteiger partial charge >= 0.3 is 0 Å². The van der Waals surface area contributed by atoms with E-state index in [1.54, 1.807) is 0 Å². The van der Waals surface area contributed by atoms with E-state index in [9.17, 15) is 9.59 Å². The van der Waals surface area contributed by atoms with Gasteiger partial charge in [0.25, 0.3) is 5.91 Å². The van der Waals surface area contributed by atoms with Crippen molar-refractivity contribution in [1.82, 2.24) is 4.90 Å². The van der Waals surface area contributed by atoms with Gasteiger partial charge in [-0.05, 0) is 62.0 Å². The van der Waals surface area contributed by atoms with Crippen molar-refractivity contribution in [3.05, 3.63) is 70.8 Å². The van der Waals surface area contributed by atoms with Crippen LogP contribution in [0.5, 0.6) is 0 Å². The van der Waals surface area contributed by atoms with Gasteiger partial charge in [0, 0.05) is 11.1 Å². The number of hydrogen-bond donors (Lipinski definition) is 0. The number of aliphatic imine (C=N–C) groups is 1. The normalized spacial score (nSPS) is 23.5. The summed E-state index contributed by atoms with van der Waals surface area (Å²) >= 11 is 0. The number of aryl methyl sites for hydroxylation is 1. The average molecular weight is 473 g/mol. The van der Waals surface area contributed by atoms with Gasteiger partial charge in [0.2, 0.25) is 0 Å². The maximum Gasteiger partial charge on any atom is 0.275 e. The molecule has 1 atom stereocenters. The molecule has 0 aromatic heterocycles. The number of hydrogen-bond acceptors (Lipinski definition) is 3. The van der Waals surface area contributed by atoms with Crippen LogP contribution in [-0.2, 0) is 4.79 Å². The molecule has 2 aliphatic rings. The summed E-state index contributed by atoms with van der Waals surface area (Å²) in [5, 5.41) is 0. The van der Waals surface area contributed by atoms with Gasteiger partial charge in [0.15, 0.2) is 0 Å². The second-order valence-corrected chi connectivity index (χ2v) is 11.2. The van der Waals surface area contributed by atoms with Crippen LogP contribution in [0.3, 0.4) is 0 Å². The van der Waals surface area contributed by atoms with Crippen LogP contribution in [-0.4, -0.2) is 28.5 Å². The van der Waals surface area contributed by atoms with Gasteiger partial charge in [-0.3, -0.25) is 14.6 Å². The fraction of sp³-hybridized carbons (Fsp3) is 0.516. The van der Waals surface area contributed by atoms with E-state index in [4.69, 9.17) is 4.99 Å². The largest absolute Gasteiger partial charge is 0.305 e. The third kappa shape index (κ3) is 4.85. The molecule has 35 heavy (non-hydrogen) atoms. The molecule has 1 aliphatic carbocycles. The third-order valence-corrected chi connectivity index (χ3v) is 8.62. The van der Waals surface area contributed by atoms with Crippen molar-refractivity contribution in [2.45, 2.75) is 91.3 Å². The number of rotatable bonds is 8. The van der Waals surface area contributed by atoms with Crippen molar-refractivity contribution in [1.29, 1.82) is 0 Å². The van der Waals surface area contributed by atoms with E-state index in [0.717, 1.165) is 67.9 Å². The summed E-state index contributed by atoms with van der Waals surface area (Å²) in [5.41, 5.74) is 4.19. The van der Waals surface area contributed by atoms with Crippen LogP contribution in [0.4, 0.5) is 0 Å². The summed E-state index contributed by atoms with van der Waals surface area (Å²) in [5.74, 6) is 0.687. The quantitative estimate of drug-likeness (QED) is 0.378. The van der Waals surface area contributed by atoms with Crippen molar-refractivity contribution < 1.29 is 9.59 Å². The van der Waals surface area contributed by atoms with Crippen LogP contribution in [0.15, 0.2) is 53.5 Å². The zero-order chi connectivity index (χ0) is 25.2. The Hall–Kier alpha value is -2.75. The van der Waals surface area contributed by atoms with Gasteiger partial charge in [-0.15, -0.1) is 0 Å². The second kappa shape index (κ2) is 10.1. The lowest BCUT2D eigenvalue weighted by Crippen LogP contribution is -2.51. The standard InChI is InChI=1S/C31H40N2O2/c1-6-9-27(24-14-12-23(21-34)13-15-24)33-29(35)28(25-11-8-10-22(3)20-25)32-31(33)18-16-26(17-19-31)30(4,5)7-2/h8,10-15,20-21,26-27H,6-7,9,16-19H2,1-5H3. The molecule has 0 radical (unpaired) electrons. The van der Waals surface area contributed by atoms with Gasteiger partial charge in [-0.1, -0.05) is 88.6 Å². The fourth-order valence-corrected chi connectivity index (χ4v) is 6.04. The van der Waals surface area contributed by atoms with E-state index >= 15 is 0 Å². The number of carbonyl (C=O) groups excluding carboxylic acids is 2. The molecular weight excluding hydrogens is 432 g/mol. The minimum atomic E-state index is -0.500. The number of aldehydes is 1. The fourth-order valence-electron chi connectivity index (χ4n) is 6.04. The summed E-state index contributed by atoms with van der Waals surface area (Å²) in [6.45, 7) is 11.3. The summed E-state index contributed by atoms with van der Waals surface area (Å²) in [7, 11) is 0. The molecule has 0 saturated heterocycles. The summed E-state index contributed by atoms with van der Waals surface area (Å²) < 4.78 is 0. The predicted octanol–water partition coefficient (Wildman–Crippen LogP) is 7.30. The molecule has 2 aromatic carbocycles. The Bertz CT molecular complexity index is 1090. The van der Waals surface area contributed by atoms with Crippen molar-refractivity contribution in [2.75, 3.05) is 0 Å². The molecule has 1 fully saturated rings. The smallest absolute Gasteiger partial charge is 0.275 e. The van der Waals surface area contributed by atoms with E-state index in [-0.39, 0.29) is 11.9 Å². The highest BCUT2D eigenvalue weighted by molar-refractivity contribution is 6.46. The topological polar surface area (TPSA) is 49.7 Å². The first-order chi connectivity index (χ1) is 16.7. The van der Waals surface area contributed by atoms with Crippen LogP contribution in [0, 0.1) is 18.3 Å². The van der Waals surface area contributed by atoms with E-state index in [1.807, 2.05) is 36.4 Å². The lowest BCUT2D eigenvalue weighted by molar-refractivity contribution is -0.133. The molecule has 1 amide bonds. The number of amides is 1. The van der Waals surface area contributed by atoms with Crippen LogP contribution in [0.25, 0.3) is 0 Å². The first-order valence-corrected chi connectivity index (χ1v) is 13.3. The predicted molar refractivity (Wildman–Crippen MR) is 143 cm³/mol. The molecule has 1 saturated carbocycles. The number of benzene rings is 2. The van der Waals surface area contributed by atoms with Gasteiger partial charge in [0.05, 0.1) is 6.04 Å². The molecule has 1 spiro atoms. The van der Waals surface area contributed by atoms with E-state index in [0.29, 0.717) is 22.6 Å². The Balaban J connectivity index is 1.77. The monoisotopic (exact) mass is 472 g/mol. The van der Waals surface area contributed by atoms with Crippen LogP contribution < -0.4 is 0 Å². The van der Waals surface area contributed by atoms with E-state index < -0.39 is 5.66 Å². The Morgan fingerprint density at radius 2 is 1.80 bits per heavy atom. The molecular formula is C31H40N2O2. The molecule has 1 unspecified atom stereocenters. The number of carbonyl (C=O) groups is 2. The third-order valence-electron chi connectivity index (χ3n) is 8.62. The Morgan fingerprint density at radius 1 is 1.11 bits per heavy atom. The second-order valence-electron chi connectivity index (χ2n) is 11.2. The zero-order valence-electron chi connectivity index (χ0n) is 22.0. The Labute approximate surface area is 210 Å². The van der Waals surface area contributed by atoms with Crippen molar-refractivity contribution in [2.24, 2.45) is 16.3 Å². The molecule has 4 rings (SSSR count). The van der Waals surface area contributed by atoms with E-state index in [1.165, 1.54) is 0 Å². The Morgan fingerprint density at radius 3 is 2.37 bits per heavy atom. The molecule has 1 aliphatic heterocycles. The summed E-state index contributed by atoms with van der Waals surface area (Å²) in [6.07, 6.45) is 7.82. The van der Waals surface area contributed by atoms with Crippen LogP contribution in [0.1, 0.15) is 106 Å². The van der Waals surface area contributed by atoms with Crippen LogP contribution >= 0.6 is 0 Å². The highest BCUT2D eigenvalue weighted by Crippen LogP contribution is 2.50. The molecule has 0 N–H and O–H groups in total. The van der Waals surface area contributed by atoms with Gasteiger partial charge in [-0.2, -0.15) is 0 Å².